The van der Waals surface area contributed by atoms with E-state index in [1.54, 1.807) is 0 Å². The fourth-order valence-corrected chi connectivity index (χ4v) is 2.07. The minimum atomic E-state index is -0.562. The van der Waals surface area contributed by atoms with Crippen molar-refractivity contribution in [2.24, 2.45) is 0 Å². The molecule has 2 aromatic rings. The van der Waals surface area contributed by atoms with Crippen LogP contribution in [0.4, 0.5) is 5.69 Å². The van der Waals surface area contributed by atoms with Gasteiger partial charge >= 0.3 is 0 Å². The molecular weight excluding hydrogens is 238 g/mol. The van der Waals surface area contributed by atoms with Crippen LogP contribution >= 0.6 is 0 Å². The fourth-order valence-electron chi connectivity index (χ4n) is 2.07. The van der Waals surface area contributed by atoms with Crippen molar-refractivity contribution in [1.82, 2.24) is 0 Å². The molecule has 0 bridgehead atoms. The number of hydrogen-bond acceptors (Lipinski definition) is 3. The number of para-hydroxylation sites is 1. The summed E-state index contributed by atoms with van der Waals surface area (Å²) in [7, 11) is 0. The Bertz CT molecular complexity index is 473. The van der Waals surface area contributed by atoms with Crippen LogP contribution < -0.4 is 4.90 Å². The molecule has 3 heteroatoms. The van der Waals surface area contributed by atoms with Crippen molar-refractivity contribution in [3.8, 4) is 0 Å². The van der Waals surface area contributed by atoms with Crippen LogP contribution in [0.1, 0.15) is 11.7 Å². The third kappa shape index (κ3) is 3.81. The first kappa shape index (κ1) is 13.6. The summed E-state index contributed by atoms with van der Waals surface area (Å²) in [6.45, 7) is 1.04. The number of aliphatic hydroxyl groups is 2. The van der Waals surface area contributed by atoms with Gasteiger partial charge in [-0.3, -0.25) is 0 Å². The average Bonchev–Trinajstić information content (AvgIpc) is 2.48. The van der Waals surface area contributed by atoms with Gasteiger partial charge in [0.2, 0.25) is 0 Å². The lowest BCUT2D eigenvalue weighted by Crippen LogP contribution is -2.31. The minimum absolute atomic E-state index is 0.0659. The second-order valence-electron chi connectivity index (χ2n) is 4.43. The van der Waals surface area contributed by atoms with Crippen molar-refractivity contribution in [1.29, 1.82) is 0 Å². The topological polar surface area (TPSA) is 43.7 Å². The molecule has 0 amide bonds. The van der Waals surface area contributed by atoms with E-state index in [1.165, 1.54) is 0 Å². The molecule has 3 nitrogen and oxygen atoms in total. The van der Waals surface area contributed by atoms with E-state index in [9.17, 15) is 5.11 Å². The summed E-state index contributed by atoms with van der Waals surface area (Å²) in [5, 5.41) is 19.4. The molecule has 100 valence electrons. The van der Waals surface area contributed by atoms with Gasteiger partial charge in [0.15, 0.2) is 0 Å². The molecule has 2 rings (SSSR count). The zero-order valence-electron chi connectivity index (χ0n) is 10.8. The normalized spacial score (nSPS) is 12.1. The maximum absolute atomic E-state index is 10.3. The smallest absolute Gasteiger partial charge is 0.0964 e. The van der Waals surface area contributed by atoms with E-state index in [2.05, 4.69) is 0 Å². The molecule has 0 spiro atoms. The van der Waals surface area contributed by atoms with E-state index in [-0.39, 0.29) is 6.61 Å². The first-order valence-electron chi connectivity index (χ1n) is 6.45. The lowest BCUT2D eigenvalue weighted by atomic mass is 10.1. The zero-order valence-corrected chi connectivity index (χ0v) is 10.8. The summed E-state index contributed by atoms with van der Waals surface area (Å²) >= 11 is 0. The van der Waals surface area contributed by atoms with Gasteiger partial charge in [-0.2, -0.15) is 0 Å². The van der Waals surface area contributed by atoms with E-state index < -0.39 is 6.10 Å². The van der Waals surface area contributed by atoms with E-state index >= 15 is 0 Å². The van der Waals surface area contributed by atoms with Gasteiger partial charge in [0.1, 0.15) is 0 Å². The van der Waals surface area contributed by atoms with Crippen molar-refractivity contribution in [3.05, 3.63) is 66.2 Å². The summed E-state index contributed by atoms with van der Waals surface area (Å²) in [5.41, 5.74) is 1.90. The molecule has 19 heavy (non-hydrogen) atoms. The second kappa shape index (κ2) is 6.92. The fraction of sp³-hybridized carbons (Fsp3) is 0.250. The highest BCUT2D eigenvalue weighted by Gasteiger charge is 2.13. The van der Waals surface area contributed by atoms with Gasteiger partial charge in [-0.15, -0.1) is 0 Å². The van der Waals surface area contributed by atoms with Gasteiger partial charge in [-0.1, -0.05) is 48.5 Å². The van der Waals surface area contributed by atoms with Crippen LogP contribution in [0, 0.1) is 0 Å². The zero-order chi connectivity index (χ0) is 13.5. The number of anilines is 1. The Morgan fingerprint density at radius 2 is 1.47 bits per heavy atom. The molecule has 2 aromatic carbocycles. The first-order chi connectivity index (χ1) is 9.31. The summed E-state index contributed by atoms with van der Waals surface area (Å²) in [5.74, 6) is 0. The number of rotatable bonds is 6. The summed E-state index contributed by atoms with van der Waals surface area (Å²) in [6.07, 6.45) is -0.562. The van der Waals surface area contributed by atoms with E-state index in [0.717, 1.165) is 11.3 Å². The molecule has 2 N–H and O–H groups in total. The highest BCUT2D eigenvalue weighted by atomic mass is 16.3. The highest BCUT2D eigenvalue weighted by Crippen LogP contribution is 2.19. The first-order valence-corrected chi connectivity index (χ1v) is 6.45. The molecule has 0 fully saturated rings. The molecule has 0 saturated heterocycles. The molecule has 0 aliphatic rings. The predicted molar refractivity (Wildman–Crippen MR) is 77.1 cm³/mol. The summed E-state index contributed by atoms with van der Waals surface area (Å²) in [6, 6.07) is 19.4. The van der Waals surface area contributed by atoms with E-state index in [4.69, 9.17) is 5.11 Å². The SMILES string of the molecule is OCCN(CC(O)c1ccccc1)c1ccccc1. The van der Waals surface area contributed by atoms with Crippen molar-refractivity contribution < 1.29 is 10.2 Å². The minimum Gasteiger partial charge on any atom is -0.395 e. The van der Waals surface area contributed by atoms with Gasteiger partial charge in [0.25, 0.3) is 0 Å². The summed E-state index contributed by atoms with van der Waals surface area (Å²) in [4.78, 5) is 1.98. The number of nitrogens with zero attached hydrogens (tertiary/aromatic N) is 1. The Morgan fingerprint density at radius 3 is 2.05 bits per heavy atom. The second-order valence-corrected chi connectivity index (χ2v) is 4.43. The van der Waals surface area contributed by atoms with Gasteiger partial charge in [-0.05, 0) is 17.7 Å². The molecule has 0 radical (unpaired) electrons. The average molecular weight is 257 g/mol. The Hall–Kier alpha value is -1.84. The van der Waals surface area contributed by atoms with Crippen LogP contribution in [0.5, 0.6) is 0 Å². The van der Waals surface area contributed by atoms with Crippen LogP contribution in [-0.2, 0) is 0 Å². The van der Waals surface area contributed by atoms with Crippen LogP contribution in [0.2, 0.25) is 0 Å². The number of aliphatic hydroxyl groups excluding tert-OH is 2. The maximum atomic E-state index is 10.3. The Balaban J connectivity index is 2.09. The molecule has 1 atom stereocenters. The van der Waals surface area contributed by atoms with Crippen molar-refractivity contribution in [2.75, 3.05) is 24.6 Å². The van der Waals surface area contributed by atoms with Crippen molar-refractivity contribution in [3.63, 3.8) is 0 Å². The molecule has 1 unspecified atom stereocenters. The Labute approximate surface area is 113 Å². The van der Waals surface area contributed by atoms with Gasteiger partial charge in [0.05, 0.1) is 12.7 Å². The van der Waals surface area contributed by atoms with Crippen molar-refractivity contribution >= 4 is 5.69 Å². The van der Waals surface area contributed by atoms with Crippen LogP contribution in [0.3, 0.4) is 0 Å². The number of benzene rings is 2. The van der Waals surface area contributed by atoms with E-state index in [1.807, 2.05) is 65.6 Å². The molecule has 0 aliphatic carbocycles. The molecule has 0 aliphatic heterocycles. The van der Waals surface area contributed by atoms with Crippen LogP contribution in [-0.4, -0.2) is 29.9 Å². The van der Waals surface area contributed by atoms with Gasteiger partial charge < -0.3 is 15.1 Å². The van der Waals surface area contributed by atoms with Gasteiger partial charge in [-0.25, -0.2) is 0 Å². The Morgan fingerprint density at radius 1 is 0.895 bits per heavy atom. The quantitative estimate of drug-likeness (QED) is 0.834. The molecule has 0 heterocycles. The molecule has 0 aromatic heterocycles. The lowest BCUT2D eigenvalue weighted by molar-refractivity contribution is 0.180. The molecular formula is C16H19NO2. The third-order valence-electron chi connectivity index (χ3n) is 3.07. The predicted octanol–water partition coefficient (Wildman–Crippen LogP) is 2.22. The third-order valence-corrected chi connectivity index (χ3v) is 3.07. The standard InChI is InChI=1S/C16H19NO2/c18-12-11-17(15-9-5-2-6-10-15)13-16(19)14-7-3-1-4-8-14/h1-10,16,18-19H,11-13H2. The van der Waals surface area contributed by atoms with E-state index in [0.29, 0.717) is 13.1 Å². The maximum Gasteiger partial charge on any atom is 0.0964 e. The molecule has 0 saturated carbocycles. The lowest BCUT2D eigenvalue weighted by Gasteiger charge is -2.26. The van der Waals surface area contributed by atoms with Crippen LogP contribution in [0.15, 0.2) is 60.7 Å². The van der Waals surface area contributed by atoms with Gasteiger partial charge in [0, 0.05) is 18.8 Å². The number of hydrogen-bond donors (Lipinski definition) is 2. The highest BCUT2D eigenvalue weighted by molar-refractivity contribution is 5.46. The van der Waals surface area contributed by atoms with Crippen molar-refractivity contribution in [2.45, 2.75) is 6.10 Å². The monoisotopic (exact) mass is 257 g/mol. The van der Waals surface area contributed by atoms with Crippen LogP contribution in [0.25, 0.3) is 0 Å². The largest absolute Gasteiger partial charge is 0.395 e. The summed E-state index contributed by atoms with van der Waals surface area (Å²) < 4.78 is 0. The Kier molecular flexibility index (Phi) is 4.95.